The number of aryl methyl sites for hydroxylation is 2. The van der Waals surface area contributed by atoms with Crippen LogP contribution in [0.25, 0.3) is 66.1 Å². The average Bonchev–Trinajstić information content (AvgIpc) is 1.47. The molecule has 1 heterocycles. The van der Waals surface area contributed by atoms with E-state index in [4.69, 9.17) is 22.2 Å². The van der Waals surface area contributed by atoms with E-state index in [1.54, 1.807) is 41.5 Å². The van der Waals surface area contributed by atoms with Gasteiger partial charge in [-0.05, 0) is 242 Å². The lowest BCUT2D eigenvalue weighted by Crippen LogP contribution is -2.32. The molecule has 1 aromatic heterocycles. The van der Waals surface area contributed by atoms with Crippen LogP contribution in [0.15, 0.2) is 168 Å². The Morgan fingerprint density at radius 1 is 0.384 bits per heavy atom. The fourth-order valence-electron chi connectivity index (χ4n) is 11.1. The molecule has 1 atom stereocenters. The summed E-state index contributed by atoms with van der Waals surface area (Å²) in [5.41, 5.74) is -2.12. The number of hydrogen-bond acceptors (Lipinski definition) is 2. The van der Waals surface area contributed by atoms with Crippen LogP contribution in [0.4, 0.5) is 17.1 Å². The van der Waals surface area contributed by atoms with Crippen molar-refractivity contribution >= 4 is 49.8 Å². The molecule has 0 fully saturated rings. The molecule has 10 aromatic carbocycles. The van der Waals surface area contributed by atoms with Crippen LogP contribution < -0.4 is 4.90 Å². The van der Waals surface area contributed by atoms with Gasteiger partial charge in [-0.3, -0.25) is 0 Å². The second-order valence-corrected chi connectivity index (χ2v) is 19.0. The van der Waals surface area contributed by atoms with E-state index in [1.807, 2.05) is 13.8 Å². The number of nitrogens with zero attached hydrogens (tertiary/aromatic N) is 1. The molecule has 0 bridgehead atoms. The SMILES string of the molecule is [2H]c1c([2H])c([2H])c(-c2c([2H])c([2H])c(N(c3c(C)c([2H])c4c(c3C)C(c3c([2H])c([2H])c([2H])c([2H])c3C)(c3c([2H])c(C)c(C)c(C)c3C)c3c([2H])c(C)c(C)c(C)c3-4)c3c([2H])c([2H])c4c(oc5c6c(C)c([2H])c([2H])c([2H])c6c(-c6c([2H])c([2H])c([2H])c([2H])c6[2H])c([2H])c54)c3C)c([2H])c2[2H])c([2H])c1[2H]. The van der Waals surface area contributed by atoms with Crippen molar-refractivity contribution in [2.75, 3.05) is 4.90 Å². The quantitative estimate of drug-likeness (QED) is 0.158. The molecule has 0 radical (unpaired) electrons. The van der Waals surface area contributed by atoms with Crippen molar-refractivity contribution in [1.29, 1.82) is 0 Å². The normalized spacial score (nSPS) is 19.3. The molecule has 0 amide bonds. The first kappa shape index (κ1) is 25.1. The van der Waals surface area contributed by atoms with E-state index in [-0.39, 0.29) is 112 Å². The van der Waals surface area contributed by atoms with Crippen LogP contribution in [-0.4, -0.2) is 0 Å². The van der Waals surface area contributed by atoms with Crippen molar-refractivity contribution in [2.24, 2.45) is 0 Å². The highest BCUT2D eigenvalue weighted by molar-refractivity contribution is 6.21. The maximum Gasteiger partial charge on any atom is 0.143 e. The monoisotopic (exact) mass is 973 g/mol. The van der Waals surface area contributed by atoms with Gasteiger partial charge in [0.25, 0.3) is 0 Å². The van der Waals surface area contributed by atoms with Gasteiger partial charge in [-0.15, -0.1) is 0 Å². The number of furan rings is 1. The van der Waals surface area contributed by atoms with Gasteiger partial charge in [-0.2, -0.15) is 0 Å². The van der Waals surface area contributed by atoms with E-state index in [9.17, 15) is 19.2 Å². The van der Waals surface area contributed by atoms with E-state index in [2.05, 4.69) is 0 Å². The number of hydrogen-bond donors (Lipinski definition) is 0. The average molecular weight is 973 g/mol. The molecule has 0 aliphatic heterocycles. The summed E-state index contributed by atoms with van der Waals surface area (Å²) in [5.74, 6) is 0. The first-order chi connectivity index (χ1) is 46.5. The van der Waals surface area contributed by atoms with E-state index in [0.29, 0.717) is 38.9 Å². The van der Waals surface area contributed by atoms with Crippen LogP contribution in [0.2, 0.25) is 0 Å². The molecule has 358 valence electrons. The minimum atomic E-state index is -2.21. The van der Waals surface area contributed by atoms with Crippen molar-refractivity contribution in [1.82, 2.24) is 0 Å². The summed E-state index contributed by atoms with van der Waals surface area (Å²) in [7, 11) is 0. The zero-order chi connectivity index (χ0) is 74.3. The lowest BCUT2D eigenvalue weighted by molar-refractivity contribution is 0.669. The second-order valence-electron chi connectivity index (χ2n) is 19.0. The summed E-state index contributed by atoms with van der Waals surface area (Å²) in [5, 5.41) is -1.09. The highest BCUT2D eigenvalue weighted by Gasteiger charge is 2.50. The highest BCUT2D eigenvalue weighted by Crippen LogP contribution is 2.62. The predicted octanol–water partition coefficient (Wildman–Crippen LogP) is 19.6. The number of anilines is 3. The zero-order valence-electron chi connectivity index (χ0n) is 69.4. The first-order valence-electron chi connectivity index (χ1n) is 37.3. The van der Waals surface area contributed by atoms with E-state index >= 15 is 0 Å². The standard InChI is InChI=1S/C71H63NO/c1-40-22-19-20-29-61(40)71(62-37-42(3)45(6)47(8)48(62)9)63-38-43(4)46(7)49(10)66(63)60-36-44(5)68(51(12)67(60)71)72(55-32-30-53(31-33-55)52-24-15-13-16-25-52)64-35-34-57-59-39-58(54-26-17-14-18-27-54)56-28-21-23-41(2)65(56)70(59)73-69(57)50(64)11/h13-39H,1-12H3/i13D,14D,15D,16D,17D,18D,19D,20D,21D,22D,23D,24D,25D,26D,27D,28D,29D,30D,31D,32D,33D,34D,35D,36D,37D,38D,39D. The Morgan fingerprint density at radius 3 is 1.71 bits per heavy atom. The third-order valence-electron chi connectivity index (χ3n) is 15.2. The topological polar surface area (TPSA) is 16.4 Å². The highest BCUT2D eigenvalue weighted by atomic mass is 16.3. The summed E-state index contributed by atoms with van der Waals surface area (Å²) in [6, 6.07) is -19.0. The Balaban J connectivity index is 1.37. The lowest BCUT2D eigenvalue weighted by Gasteiger charge is -2.40. The third-order valence-corrected chi connectivity index (χ3v) is 15.2. The Bertz CT molecular complexity index is 5510. The molecule has 1 aliphatic carbocycles. The largest absolute Gasteiger partial charge is 0.455 e. The molecule has 0 saturated heterocycles. The number of rotatable bonds is 7. The van der Waals surface area contributed by atoms with Crippen molar-refractivity contribution in [3.8, 4) is 33.4 Å². The third kappa shape index (κ3) is 6.69. The van der Waals surface area contributed by atoms with Crippen LogP contribution in [0.3, 0.4) is 0 Å². The van der Waals surface area contributed by atoms with E-state index in [0.717, 1.165) is 10.5 Å². The fraction of sp³-hybridized carbons (Fsp3) is 0.183. The van der Waals surface area contributed by atoms with Gasteiger partial charge in [0.1, 0.15) is 11.2 Å². The van der Waals surface area contributed by atoms with Crippen LogP contribution in [0.5, 0.6) is 0 Å². The Hall–Kier alpha value is -7.94. The Kier molecular flexibility index (Phi) is 5.89. The molecule has 11 aromatic rings. The van der Waals surface area contributed by atoms with Crippen LogP contribution in [0.1, 0.15) is 126 Å². The molecule has 73 heavy (non-hydrogen) atoms. The van der Waals surface area contributed by atoms with Gasteiger partial charge >= 0.3 is 0 Å². The molecular formula is C71H63NO. The molecule has 12 rings (SSSR count). The predicted molar refractivity (Wildman–Crippen MR) is 311 cm³/mol. The maximum atomic E-state index is 10.9. The van der Waals surface area contributed by atoms with Crippen LogP contribution in [0, 0.1) is 83.1 Å². The maximum absolute atomic E-state index is 10.9. The molecule has 0 spiro atoms. The number of benzene rings is 10. The Labute approximate surface area is 469 Å². The fourth-order valence-corrected chi connectivity index (χ4v) is 11.1. The van der Waals surface area contributed by atoms with Crippen LogP contribution in [-0.2, 0) is 5.41 Å². The van der Waals surface area contributed by atoms with Gasteiger partial charge in [-0.1, -0.05) is 127 Å². The van der Waals surface area contributed by atoms with Gasteiger partial charge < -0.3 is 9.32 Å². The molecule has 0 N–H and O–H groups in total. The molecule has 2 nitrogen and oxygen atoms in total. The van der Waals surface area contributed by atoms with E-state index in [1.165, 1.54) is 27.7 Å². The molecular weight excluding hydrogens is 883 g/mol. The van der Waals surface area contributed by atoms with Crippen molar-refractivity contribution in [2.45, 2.75) is 88.5 Å². The summed E-state index contributed by atoms with van der Waals surface area (Å²) >= 11 is 0. The molecule has 1 unspecified atom stereocenters. The second kappa shape index (κ2) is 17.1. The smallest absolute Gasteiger partial charge is 0.143 e. The van der Waals surface area contributed by atoms with Crippen LogP contribution >= 0.6 is 0 Å². The minimum absolute atomic E-state index is 0.00115. The molecule has 2 heteroatoms. The summed E-state index contributed by atoms with van der Waals surface area (Å²) < 4.78 is 264. The first-order valence-corrected chi connectivity index (χ1v) is 23.8. The van der Waals surface area contributed by atoms with Gasteiger partial charge in [0.2, 0.25) is 0 Å². The summed E-state index contributed by atoms with van der Waals surface area (Å²) in [6.07, 6.45) is 0. The van der Waals surface area contributed by atoms with Crippen molar-refractivity contribution in [3.63, 3.8) is 0 Å². The van der Waals surface area contributed by atoms with Crippen molar-refractivity contribution < 1.29 is 41.4 Å². The van der Waals surface area contributed by atoms with Crippen molar-refractivity contribution in [3.05, 3.63) is 252 Å². The summed E-state index contributed by atoms with van der Waals surface area (Å²) in [6.45, 7) is 19.9. The van der Waals surface area contributed by atoms with Gasteiger partial charge in [0.15, 0.2) is 0 Å². The Morgan fingerprint density at radius 2 is 1.00 bits per heavy atom. The molecule has 1 aliphatic rings. The summed E-state index contributed by atoms with van der Waals surface area (Å²) in [4.78, 5) is 1.11. The van der Waals surface area contributed by atoms with Gasteiger partial charge in [-0.25, -0.2) is 0 Å². The lowest BCUT2D eigenvalue weighted by atomic mass is 9.63. The number of fused-ring (bicyclic) bond motifs is 8. The molecule has 0 saturated carbocycles. The van der Waals surface area contributed by atoms with Gasteiger partial charge in [0, 0.05) is 27.4 Å². The zero-order valence-corrected chi connectivity index (χ0v) is 42.4. The van der Waals surface area contributed by atoms with Gasteiger partial charge in [0.05, 0.1) is 53.8 Å². The van der Waals surface area contributed by atoms with E-state index < -0.39 is 184 Å². The minimum Gasteiger partial charge on any atom is -0.455 e.